The third-order valence-electron chi connectivity index (χ3n) is 5.25. The van der Waals surface area contributed by atoms with E-state index < -0.39 is 11.9 Å². The van der Waals surface area contributed by atoms with Crippen LogP contribution in [0.1, 0.15) is 45.1 Å². The molecule has 1 atom stereocenters. The molecule has 0 bridgehead atoms. The molecule has 2 aliphatic rings. The number of phenols is 1. The highest BCUT2D eigenvalue weighted by Crippen LogP contribution is 2.48. The number of nitrogens with one attached hydrogen (secondary N) is 1. The number of phenolic OH excluding ortho intramolecular Hbond substituents is 1. The van der Waals surface area contributed by atoms with Gasteiger partial charge in [-0.25, -0.2) is 4.79 Å². The average Bonchev–Trinajstić information content (AvgIpc) is 2.61. The summed E-state index contributed by atoms with van der Waals surface area (Å²) in [6.07, 6.45) is 1.12. The lowest BCUT2D eigenvalue weighted by Crippen LogP contribution is -2.38. The monoisotopic (exact) mass is 497 g/mol. The van der Waals surface area contributed by atoms with E-state index >= 15 is 0 Å². The van der Waals surface area contributed by atoms with Crippen molar-refractivity contribution in [1.82, 2.24) is 5.32 Å². The zero-order valence-corrected chi connectivity index (χ0v) is 18.8. The van der Waals surface area contributed by atoms with E-state index in [1.165, 1.54) is 14.2 Å². The molecule has 3 rings (SSSR count). The second kappa shape index (κ2) is 7.42. The van der Waals surface area contributed by atoms with E-state index in [0.29, 0.717) is 44.6 Å². The summed E-state index contributed by atoms with van der Waals surface area (Å²) < 4.78 is 10.9. The zero-order valence-electron chi connectivity index (χ0n) is 16.6. The minimum absolute atomic E-state index is 0.0136. The summed E-state index contributed by atoms with van der Waals surface area (Å²) in [6, 6.07) is 3.46. The van der Waals surface area contributed by atoms with E-state index in [-0.39, 0.29) is 16.9 Å². The first-order chi connectivity index (χ1) is 13.1. The number of dihydropyridines is 1. The lowest BCUT2D eigenvalue weighted by Gasteiger charge is -2.39. The summed E-state index contributed by atoms with van der Waals surface area (Å²) in [7, 11) is 2.80. The van der Waals surface area contributed by atoms with Gasteiger partial charge in [0.25, 0.3) is 0 Å². The van der Waals surface area contributed by atoms with Gasteiger partial charge >= 0.3 is 5.97 Å². The standard InChI is InChI=1S/C21H24INO5/c1-10-16(20(26)28-5)17(11-6-12(22)19(25)15(7-11)27-4)18-13(23-10)8-21(2,3)9-14(18)24/h6-7,17,23,25H,8-9H2,1-5H3. The number of benzene rings is 1. The number of esters is 1. The van der Waals surface area contributed by atoms with E-state index in [9.17, 15) is 14.7 Å². The molecular weight excluding hydrogens is 473 g/mol. The zero-order chi connectivity index (χ0) is 20.8. The number of carbonyl (C=O) groups excluding carboxylic acids is 2. The van der Waals surface area contributed by atoms with Crippen molar-refractivity contribution in [2.45, 2.75) is 39.5 Å². The number of hydrogen-bond acceptors (Lipinski definition) is 6. The summed E-state index contributed by atoms with van der Waals surface area (Å²) >= 11 is 2.01. The van der Waals surface area contributed by atoms with Crippen LogP contribution in [0.3, 0.4) is 0 Å². The van der Waals surface area contributed by atoms with Gasteiger partial charge in [0, 0.05) is 29.3 Å². The second-order valence-corrected chi connectivity index (χ2v) is 9.14. The van der Waals surface area contributed by atoms with Gasteiger partial charge in [0.2, 0.25) is 0 Å². The van der Waals surface area contributed by atoms with Gasteiger partial charge in [0.1, 0.15) is 0 Å². The van der Waals surface area contributed by atoms with E-state index in [0.717, 1.165) is 5.70 Å². The Labute approximate surface area is 178 Å². The third kappa shape index (κ3) is 3.52. The molecule has 6 nitrogen and oxygen atoms in total. The SMILES string of the molecule is COC(=O)C1=C(C)NC2=C(C(=O)CC(C)(C)C2)C1c1cc(I)c(O)c(OC)c1. The smallest absolute Gasteiger partial charge is 0.336 e. The molecule has 1 aliphatic carbocycles. The largest absolute Gasteiger partial charge is 0.504 e. The summed E-state index contributed by atoms with van der Waals surface area (Å²) in [5.74, 6) is -0.712. The molecule has 0 saturated carbocycles. The van der Waals surface area contributed by atoms with Gasteiger partial charge in [-0.3, -0.25) is 4.79 Å². The van der Waals surface area contributed by atoms with Gasteiger partial charge in [-0.15, -0.1) is 0 Å². The molecule has 7 heteroatoms. The van der Waals surface area contributed by atoms with Crippen LogP contribution in [0.4, 0.5) is 0 Å². The number of rotatable bonds is 3. The lowest BCUT2D eigenvalue weighted by atomic mass is 9.68. The summed E-state index contributed by atoms with van der Waals surface area (Å²) in [4.78, 5) is 25.8. The van der Waals surface area contributed by atoms with Crippen molar-refractivity contribution in [3.8, 4) is 11.5 Å². The molecule has 0 saturated heterocycles. The summed E-state index contributed by atoms with van der Waals surface area (Å²) in [5, 5.41) is 13.5. The van der Waals surface area contributed by atoms with Gasteiger partial charge in [0.05, 0.1) is 23.4 Å². The van der Waals surface area contributed by atoms with Crippen LogP contribution >= 0.6 is 22.6 Å². The molecular formula is C21H24INO5. The fourth-order valence-corrected chi connectivity index (χ4v) is 4.69. The van der Waals surface area contributed by atoms with E-state index in [2.05, 4.69) is 19.2 Å². The maximum Gasteiger partial charge on any atom is 0.336 e. The number of carbonyl (C=O) groups is 2. The summed E-state index contributed by atoms with van der Waals surface area (Å²) in [5.41, 5.74) is 3.06. The van der Waals surface area contributed by atoms with Crippen molar-refractivity contribution in [3.05, 3.63) is 43.8 Å². The second-order valence-electron chi connectivity index (χ2n) is 7.98. The first-order valence-electron chi connectivity index (χ1n) is 8.98. The maximum atomic E-state index is 13.1. The van der Waals surface area contributed by atoms with Gasteiger partial charge in [-0.2, -0.15) is 0 Å². The quantitative estimate of drug-likeness (QED) is 0.489. The van der Waals surface area contributed by atoms with Crippen molar-refractivity contribution < 1.29 is 24.2 Å². The van der Waals surface area contributed by atoms with Crippen molar-refractivity contribution in [3.63, 3.8) is 0 Å². The number of allylic oxidation sites excluding steroid dienone is 3. The van der Waals surface area contributed by atoms with Crippen LogP contribution < -0.4 is 10.1 Å². The maximum absolute atomic E-state index is 13.1. The average molecular weight is 497 g/mol. The van der Waals surface area contributed by atoms with Gasteiger partial charge in [-0.05, 0) is 59.0 Å². The number of ether oxygens (including phenoxy) is 2. The van der Waals surface area contributed by atoms with Crippen molar-refractivity contribution >= 4 is 34.3 Å². The molecule has 0 spiro atoms. The fourth-order valence-electron chi connectivity index (χ4n) is 4.07. The fraction of sp³-hybridized carbons (Fsp3) is 0.429. The minimum Gasteiger partial charge on any atom is -0.504 e. The van der Waals surface area contributed by atoms with Gasteiger partial charge in [-0.1, -0.05) is 13.8 Å². The first-order valence-corrected chi connectivity index (χ1v) is 10.1. The predicted molar refractivity (Wildman–Crippen MR) is 113 cm³/mol. The molecule has 0 aromatic heterocycles. The van der Waals surface area contributed by atoms with Crippen LogP contribution in [0.15, 0.2) is 34.7 Å². The predicted octanol–water partition coefficient (Wildman–Crippen LogP) is 3.78. The topological polar surface area (TPSA) is 84.9 Å². The Morgan fingerprint density at radius 2 is 1.96 bits per heavy atom. The highest BCUT2D eigenvalue weighted by molar-refractivity contribution is 14.1. The molecule has 2 N–H and O–H groups in total. The molecule has 150 valence electrons. The van der Waals surface area contributed by atoms with E-state index in [1.807, 2.05) is 29.5 Å². The number of methoxy groups -OCH3 is 2. The Balaban J connectivity index is 2.27. The van der Waals surface area contributed by atoms with Crippen LogP contribution in [-0.4, -0.2) is 31.1 Å². The van der Waals surface area contributed by atoms with Gasteiger partial charge < -0.3 is 19.9 Å². The van der Waals surface area contributed by atoms with Crippen molar-refractivity contribution in [2.75, 3.05) is 14.2 Å². The van der Waals surface area contributed by atoms with Crippen LogP contribution in [0, 0.1) is 8.99 Å². The molecule has 0 radical (unpaired) electrons. The van der Waals surface area contributed by atoms with Crippen molar-refractivity contribution in [1.29, 1.82) is 0 Å². The number of hydrogen-bond donors (Lipinski definition) is 2. The minimum atomic E-state index is -0.574. The Morgan fingerprint density at radius 3 is 2.57 bits per heavy atom. The molecule has 1 aliphatic heterocycles. The van der Waals surface area contributed by atoms with E-state index in [1.54, 1.807) is 12.1 Å². The van der Waals surface area contributed by atoms with Crippen molar-refractivity contribution in [2.24, 2.45) is 5.41 Å². The molecule has 0 fully saturated rings. The van der Waals surface area contributed by atoms with Crippen LogP contribution in [0.2, 0.25) is 0 Å². The Bertz CT molecular complexity index is 929. The van der Waals surface area contributed by atoms with Gasteiger partial charge in [0.15, 0.2) is 17.3 Å². The van der Waals surface area contributed by atoms with Crippen LogP contribution in [0.25, 0.3) is 0 Å². The number of aromatic hydroxyl groups is 1. The third-order valence-corrected chi connectivity index (χ3v) is 6.07. The number of ketones is 1. The first kappa shape index (κ1) is 20.7. The van der Waals surface area contributed by atoms with Crippen LogP contribution in [-0.2, 0) is 14.3 Å². The molecule has 0 amide bonds. The Hall–Kier alpha value is -2.03. The number of Topliss-reactive ketones (excluding diaryl/α,β-unsaturated/α-hetero) is 1. The van der Waals surface area contributed by atoms with E-state index in [4.69, 9.17) is 9.47 Å². The molecule has 1 aromatic carbocycles. The highest BCUT2D eigenvalue weighted by Gasteiger charge is 2.43. The molecule has 28 heavy (non-hydrogen) atoms. The number of halogens is 1. The Kier molecular flexibility index (Phi) is 5.49. The normalized spacial score (nSPS) is 21.2. The lowest BCUT2D eigenvalue weighted by molar-refractivity contribution is -0.136. The van der Waals surface area contributed by atoms with Crippen LogP contribution in [0.5, 0.6) is 11.5 Å². The Morgan fingerprint density at radius 1 is 1.29 bits per heavy atom. The highest BCUT2D eigenvalue weighted by atomic mass is 127. The molecule has 1 heterocycles. The molecule has 1 aromatic rings. The summed E-state index contributed by atoms with van der Waals surface area (Å²) in [6.45, 7) is 5.94. The molecule has 1 unspecified atom stereocenters.